The second-order valence-electron chi connectivity index (χ2n) is 6.23. The molecule has 1 aliphatic heterocycles. The predicted molar refractivity (Wildman–Crippen MR) is 96.8 cm³/mol. The molecular weight excluding hydrogens is 316 g/mol. The molecule has 122 valence electrons. The van der Waals surface area contributed by atoms with Gasteiger partial charge < -0.3 is 0 Å². The van der Waals surface area contributed by atoms with E-state index in [-0.39, 0.29) is 0 Å². The molecule has 2 aromatic heterocycles. The third kappa shape index (κ3) is 3.52. The quantitative estimate of drug-likeness (QED) is 0.723. The summed E-state index contributed by atoms with van der Waals surface area (Å²) in [5, 5.41) is 3.35. The van der Waals surface area contributed by atoms with E-state index in [0.717, 1.165) is 31.0 Å². The highest BCUT2D eigenvalue weighted by Crippen LogP contribution is 2.28. The Bertz CT molecular complexity index is 756. The van der Waals surface area contributed by atoms with Crippen molar-refractivity contribution in [1.29, 1.82) is 0 Å². The Morgan fingerprint density at radius 3 is 2.67 bits per heavy atom. The van der Waals surface area contributed by atoms with Crippen LogP contribution in [0.2, 0.25) is 0 Å². The van der Waals surface area contributed by atoms with E-state index in [4.69, 9.17) is 0 Å². The van der Waals surface area contributed by atoms with Crippen molar-refractivity contribution in [3.05, 3.63) is 64.9 Å². The van der Waals surface area contributed by atoms with E-state index in [2.05, 4.69) is 25.2 Å². The molecule has 1 saturated heterocycles. The molecule has 1 aromatic carbocycles. The van der Waals surface area contributed by atoms with Gasteiger partial charge >= 0.3 is 0 Å². The molecule has 3 aromatic rings. The van der Waals surface area contributed by atoms with Crippen LogP contribution in [0.25, 0.3) is 11.4 Å². The highest BCUT2D eigenvalue weighted by Gasteiger charge is 2.23. The summed E-state index contributed by atoms with van der Waals surface area (Å²) in [4.78, 5) is 16.1. The van der Waals surface area contributed by atoms with Gasteiger partial charge in [0.1, 0.15) is 0 Å². The standard InChI is InChI=1S/C19H20N4S/c1-2-5-16(6-3-1)18-21-11-15(12-22-18)13-23-9-4-7-17(14-23)19-20-8-10-24-19/h1-3,5-6,8,10-12,17H,4,7,9,13-14H2. The molecule has 4 nitrogen and oxygen atoms in total. The largest absolute Gasteiger partial charge is 0.298 e. The lowest BCUT2D eigenvalue weighted by atomic mass is 9.98. The van der Waals surface area contributed by atoms with Gasteiger partial charge in [0.2, 0.25) is 0 Å². The maximum absolute atomic E-state index is 4.54. The van der Waals surface area contributed by atoms with Crippen molar-refractivity contribution in [1.82, 2.24) is 19.9 Å². The Hall–Kier alpha value is -2.11. The van der Waals surface area contributed by atoms with E-state index in [9.17, 15) is 0 Å². The monoisotopic (exact) mass is 336 g/mol. The van der Waals surface area contributed by atoms with Gasteiger partial charge in [0.25, 0.3) is 0 Å². The summed E-state index contributed by atoms with van der Waals surface area (Å²) in [6.45, 7) is 3.13. The van der Waals surface area contributed by atoms with Gasteiger partial charge in [0.05, 0.1) is 5.01 Å². The minimum absolute atomic E-state index is 0.572. The Morgan fingerprint density at radius 2 is 1.92 bits per heavy atom. The van der Waals surface area contributed by atoms with Crippen LogP contribution < -0.4 is 0 Å². The summed E-state index contributed by atoms with van der Waals surface area (Å²) in [5.41, 5.74) is 2.24. The van der Waals surface area contributed by atoms with Crippen LogP contribution in [0.15, 0.2) is 54.3 Å². The zero-order valence-corrected chi connectivity index (χ0v) is 14.3. The average molecular weight is 336 g/mol. The normalized spacial score (nSPS) is 18.6. The van der Waals surface area contributed by atoms with Gasteiger partial charge in [-0.2, -0.15) is 0 Å². The SMILES string of the molecule is c1ccc(-c2ncc(CN3CCCC(c4nccs4)C3)cn2)cc1. The first-order chi connectivity index (χ1) is 11.9. The molecular formula is C19H20N4S. The zero-order valence-electron chi connectivity index (χ0n) is 13.5. The summed E-state index contributed by atoms with van der Waals surface area (Å²) in [7, 11) is 0. The summed E-state index contributed by atoms with van der Waals surface area (Å²) in [5.74, 6) is 1.36. The van der Waals surface area contributed by atoms with E-state index in [1.54, 1.807) is 11.3 Å². The van der Waals surface area contributed by atoms with E-state index in [1.807, 2.05) is 48.9 Å². The van der Waals surface area contributed by atoms with Crippen LogP contribution >= 0.6 is 11.3 Å². The molecule has 1 aliphatic rings. The van der Waals surface area contributed by atoms with Crippen molar-refractivity contribution in [2.45, 2.75) is 25.3 Å². The van der Waals surface area contributed by atoms with Gasteiger partial charge in [0.15, 0.2) is 5.82 Å². The number of nitrogens with zero attached hydrogens (tertiary/aromatic N) is 4. The first-order valence-corrected chi connectivity index (χ1v) is 9.24. The molecule has 0 bridgehead atoms. The summed E-state index contributed by atoms with van der Waals surface area (Å²) < 4.78 is 0. The van der Waals surface area contributed by atoms with Gasteiger partial charge in [0, 0.05) is 54.1 Å². The Labute approximate surface area is 146 Å². The van der Waals surface area contributed by atoms with Gasteiger partial charge in [-0.15, -0.1) is 11.3 Å². The number of rotatable bonds is 4. The molecule has 4 rings (SSSR count). The Morgan fingerprint density at radius 1 is 1.08 bits per heavy atom. The first-order valence-electron chi connectivity index (χ1n) is 8.36. The third-order valence-corrected chi connectivity index (χ3v) is 5.39. The molecule has 1 unspecified atom stereocenters. The Kier molecular flexibility index (Phi) is 4.62. The Balaban J connectivity index is 1.42. The first kappa shape index (κ1) is 15.4. The molecule has 0 radical (unpaired) electrons. The van der Waals surface area contributed by atoms with E-state index >= 15 is 0 Å². The van der Waals surface area contributed by atoms with Crippen molar-refractivity contribution in [2.24, 2.45) is 0 Å². The maximum atomic E-state index is 4.54. The second kappa shape index (κ2) is 7.20. The number of thiazole rings is 1. The van der Waals surface area contributed by atoms with Crippen LogP contribution in [-0.2, 0) is 6.54 Å². The fourth-order valence-corrected chi connectivity index (χ4v) is 4.04. The number of hydrogen-bond donors (Lipinski definition) is 0. The molecule has 24 heavy (non-hydrogen) atoms. The van der Waals surface area contributed by atoms with Crippen molar-refractivity contribution < 1.29 is 0 Å². The highest BCUT2D eigenvalue weighted by atomic mass is 32.1. The lowest BCUT2D eigenvalue weighted by molar-refractivity contribution is 0.199. The summed E-state index contributed by atoms with van der Waals surface area (Å²) in [6.07, 6.45) is 8.31. The van der Waals surface area contributed by atoms with Crippen LogP contribution in [0.3, 0.4) is 0 Å². The number of hydrogen-bond acceptors (Lipinski definition) is 5. The van der Waals surface area contributed by atoms with Gasteiger partial charge in [-0.05, 0) is 19.4 Å². The fraction of sp³-hybridized carbons (Fsp3) is 0.316. The van der Waals surface area contributed by atoms with Gasteiger partial charge in [-0.3, -0.25) is 4.90 Å². The van der Waals surface area contributed by atoms with Crippen molar-refractivity contribution in [3.63, 3.8) is 0 Å². The number of piperidine rings is 1. The van der Waals surface area contributed by atoms with Crippen LogP contribution in [0, 0.1) is 0 Å². The van der Waals surface area contributed by atoms with E-state index < -0.39 is 0 Å². The lowest BCUT2D eigenvalue weighted by Gasteiger charge is -2.31. The van der Waals surface area contributed by atoms with E-state index in [0.29, 0.717) is 5.92 Å². The van der Waals surface area contributed by atoms with E-state index in [1.165, 1.54) is 23.4 Å². The minimum atomic E-state index is 0.572. The summed E-state index contributed by atoms with van der Waals surface area (Å²) >= 11 is 1.77. The lowest BCUT2D eigenvalue weighted by Crippen LogP contribution is -2.33. The molecule has 1 fully saturated rings. The molecule has 3 heterocycles. The summed E-state index contributed by atoms with van der Waals surface area (Å²) in [6, 6.07) is 10.1. The number of aromatic nitrogens is 3. The molecule has 0 amide bonds. The van der Waals surface area contributed by atoms with Crippen LogP contribution in [-0.4, -0.2) is 32.9 Å². The average Bonchev–Trinajstić information content (AvgIpc) is 3.18. The molecule has 0 spiro atoms. The molecule has 0 aliphatic carbocycles. The van der Waals surface area contributed by atoms with Crippen LogP contribution in [0.5, 0.6) is 0 Å². The number of likely N-dealkylation sites (tertiary alicyclic amines) is 1. The van der Waals surface area contributed by atoms with Crippen LogP contribution in [0.1, 0.15) is 29.3 Å². The highest BCUT2D eigenvalue weighted by molar-refractivity contribution is 7.09. The smallest absolute Gasteiger partial charge is 0.159 e. The molecule has 5 heteroatoms. The van der Waals surface area contributed by atoms with Crippen LogP contribution in [0.4, 0.5) is 0 Å². The van der Waals surface area contributed by atoms with Gasteiger partial charge in [-0.25, -0.2) is 15.0 Å². The molecule has 0 saturated carbocycles. The predicted octanol–water partition coefficient (Wildman–Crippen LogP) is 3.98. The minimum Gasteiger partial charge on any atom is -0.298 e. The second-order valence-corrected chi connectivity index (χ2v) is 7.15. The van der Waals surface area contributed by atoms with Crippen molar-refractivity contribution in [2.75, 3.05) is 13.1 Å². The van der Waals surface area contributed by atoms with Crippen molar-refractivity contribution >= 4 is 11.3 Å². The third-order valence-electron chi connectivity index (χ3n) is 4.45. The molecule has 0 N–H and O–H groups in total. The zero-order chi connectivity index (χ0) is 16.2. The number of benzene rings is 1. The van der Waals surface area contributed by atoms with Crippen molar-refractivity contribution in [3.8, 4) is 11.4 Å². The molecule has 1 atom stereocenters. The maximum Gasteiger partial charge on any atom is 0.159 e. The topological polar surface area (TPSA) is 41.9 Å². The fourth-order valence-electron chi connectivity index (χ4n) is 3.27. The van der Waals surface area contributed by atoms with Gasteiger partial charge in [-0.1, -0.05) is 30.3 Å².